The van der Waals surface area contributed by atoms with Gasteiger partial charge in [0.1, 0.15) is 23.9 Å². The van der Waals surface area contributed by atoms with Crippen molar-refractivity contribution >= 4 is 35.6 Å². The molecule has 0 saturated carbocycles. The lowest BCUT2D eigenvalue weighted by Crippen LogP contribution is -2.57. The summed E-state index contributed by atoms with van der Waals surface area (Å²) in [6, 6.07) is 9.07. The van der Waals surface area contributed by atoms with E-state index in [1.165, 1.54) is 12.1 Å². The fourth-order valence-electron chi connectivity index (χ4n) is 3.94. The molecule has 0 heterocycles. The molecule has 0 spiro atoms. The molecule has 226 valence electrons. The summed E-state index contributed by atoms with van der Waals surface area (Å²) in [6.07, 6.45) is -1.50. The first-order chi connectivity index (χ1) is 19.8. The number of primary amides is 1. The number of rotatable bonds is 17. The molecule has 42 heavy (non-hydrogen) atoms. The highest BCUT2D eigenvalue weighted by molar-refractivity contribution is 5.94. The maximum Gasteiger partial charge on any atom is 0.326 e. The number of nitrogens with two attached hydrogens (primary N) is 2. The van der Waals surface area contributed by atoms with E-state index in [1.807, 2.05) is 0 Å². The Hall–Kier alpha value is -4.98. The topological polar surface area (TPSA) is 251 Å². The second-order valence-corrected chi connectivity index (χ2v) is 9.63. The van der Waals surface area contributed by atoms with E-state index < -0.39 is 66.2 Å². The number of carbonyl (C=O) groups is 6. The summed E-state index contributed by atoms with van der Waals surface area (Å²) in [6.45, 7) is 0. The third-order valence-electron chi connectivity index (χ3n) is 6.22. The Morgan fingerprint density at radius 1 is 0.667 bits per heavy atom. The zero-order chi connectivity index (χ0) is 31.2. The molecule has 0 aliphatic carbocycles. The van der Waals surface area contributed by atoms with Gasteiger partial charge in [0, 0.05) is 19.3 Å². The summed E-state index contributed by atoms with van der Waals surface area (Å²) in [7, 11) is 0. The van der Waals surface area contributed by atoms with E-state index in [0.29, 0.717) is 11.1 Å². The lowest BCUT2D eigenvalue weighted by Gasteiger charge is -2.25. The standard InChI is InChI=1S/C28H35N5O9/c29-19(14-17-6-8-18(34)9-7-17)25(38)31-20(10-12-23(30)35)26(39)32-21(11-13-24(36)37)27(40)33-22(28(41)42)15-16-4-2-1-3-5-16/h1-9,19-22,34H,10-15,29H2,(H2,30,35)(H,31,38)(H,32,39)(H,33,40)(H,36,37)(H,41,42). The number of aromatic hydroxyl groups is 1. The van der Waals surface area contributed by atoms with E-state index in [4.69, 9.17) is 16.6 Å². The van der Waals surface area contributed by atoms with Gasteiger partial charge in [-0.1, -0.05) is 42.5 Å². The maximum atomic E-state index is 13.2. The van der Waals surface area contributed by atoms with Gasteiger partial charge in [-0.05, 0) is 42.5 Å². The Bertz CT molecular complexity index is 1250. The van der Waals surface area contributed by atoms with Crippen molar-refractivity contribution in [2.24, 2.45) is 11.5 Å². The summed E-state index contributed by atoms with van der Waals surface area (Å²) in [4.78, 5) is 73.5. The van der Waals surface area contributed by atoms with Gasteiger partial charge in [0.25, 0.3) is 0 Å². The molecule has 0 radical (unpaired) electrons. The minimum Gasteiger partial charge on any atom is -0.508 e. The van der Waals surface area contributed by atoms with Crippen molar-refractivity contribution in [1.82, 2.24) is 16.0 Å². The van der Waals surface area contributed by atoms with Crippen molar-refractivity contribution < 1.29 is 44.1 Å². The van der Waals surface area contributed by atoms with E-state index in [2.05, 4.69) is 16.0 Å². The molecular weight excluding hydrogens is 550 g/mol. The van der Waals surface area contributed by atoms with Gasteiger partial charge in [0.15, 0.2) is 0 Å². The summed E-state index contributed by atoms with van der Waals surface area (Å²) in [5.74, 6) is -5.98. The quantitative estimate of drug-likeness (QED) is 0.114. The van der Waals surface area contributed by atoms with E-state index >= 15 is 0 Å². The fraction of sp³-hybridized carbons (Fsp3) is 0.357. The highest BCUT2D eigenvalue weighted by Gasteiger charge is 2.31. The van der Waals surface area contributed by atoms with Crippen molar-refractivity contribution in [2.45, 2.75) is 62.7 Å². The van der Waals surface area contributed by atoms with E-state index in [0.717, 1.165) is 0 Å². The smallest absolute Gasteiger partial charge is 0.326 e. The van der Waals surface area contributed by atoms with Gasteiger partial charge in [0.2, 0.25) is 23.6 Å². The second kappa shape index (κ2) is 16.3. The van der Waals surface area contributed by atoms with Gasteiger partial charge in [-0.3, -0.25) is 24.0 Å². The Kier molecular flexibility index (Phi) is 12.9. The van der Waals surface area contributed by atoms with Crippen LogP contribution in [0.1, 0.15) is 36.8 Å². The SMILES string of the molecule is NC(=O)CCC(NC(=O)C(N)Cc1ccc(O)cc1)C(=O)NC(CCC(=O)O)C(=O)NC(Cc1ccccc1)C(=O)O. The molecule has 2 rings (SSSR count). The molecule has 2 aromatic carbocycles. The van der Waals surface area contributed by atoms with Crippen LogP contribution in [0.15, 0.2) is 54.6 Å². The average molecular weight is 586 g/mol. The molecule has 0 aliphatic rings. The molecule has 4 atom stereocenters. The number of carbonyl (C=O) groups excluding carboxylic acids is 4. The zero-order valence-corrected chi connectivity index (χ0v) is 22.7. The number of nitrogens with one attached hydrogen (secondary N) is 3. The van der Waals surface area contributed by atoms with Crippen LogP contribution in [0.3, 0.4) is 0 Å². The number of benzene rings is 2. The van der Waals surface area contributed by atoms with Crippen LogP contribution in [0.25, 0.3) is 0 Å². The molecule has 0 bridgehead atoms. The van der Waals surface area contributed by atoms with Gasteiger partial charge >= 0.3 is 11.9 Å². The first-order valence-electron chi connectivity index (χ1n) is 13.1. The molecule has 4 amide bonds. The summed E-state index contributed by atoms with van der Waals surface area (Å²) >= 11 is 0. The van der Waals surface area contributed by atoms with Gasteiger partial charge < -0.3 is 42.7 Å². The van der Waals surface area contributed by atoms with E-state index in [9.17, 15) is 39.0 Å². The molecular formula is C28H35N5O9. The summed E-state index contributed by atoms with van der Waals surface area (Å²) in [5, 5.41) is 35.3. The molecule has 14 nitrogen and oxygen atoms in total. The molecule has 2 aromatic rings. The monoisotopic (exact) mass is 585 g/mol. The summed E-state index contributed by atoms with van der Waals surface area (Å²) in [5.41, 5.74) is 12.4. The number of amides is 4. The molecule has 14 heteroatoms. The Morgan fingerprint density at radius 2 is 1.17 bits per heavy atom. The summed E-state index contributed by atoms with van der Waals surface area (Å²) < 4.78 is 0. The van der Waals surface area contributed by atoms with Crippen LogP contribution in [0, 0.1) is 0 Å². The number of phenols is 1. The van der Waals surface area contributed by atoms with Gasteiger partial charge in [0.05, 0.1) is 6.04 Å². The minimum absolute atomic E-state index is 0.0243. The van der Waals surface area contributed by atoms with E-state index in [1.54, 1.807) is 42.5 Å². The number of phenolic OH excluding ortho intramolecular Hbond substituents is 1. The second-order valence-electron chi connectivity index (χ2n) is 9.63. The number of carboxylic acids is 2. The third kappa shape index (κ3) is 11.6. The molecule has 10 N–H and O–H groups in total. The normalized spacial score (nSPS) is 13.5. The Balaban J connectivity index is 2.17. The minimum atomic E-state index is -1.48. The molecule has 0 aromatic heterocycles. The predicted octanol–water partition coefficient (Wildman–Crippen LogP) is -0.826. The van der Waals surface area contributed by atoms with Crippen LogP contribution < -0.4 is 27.4 Å². The number of aliphatic carboxylic acids is 2. The van der Waals surface area contributed by atoms with Crippen molar-refractivity contribution in [3.8, 4) is 5.75 Å². The van der Waals surface area contributed by atoms with Crippen LogP contribution in [0.2, 0.25) is 0 Å². The molecule has 0 saturated heterocycles. The predicted molar refractivity (Wildman–Crippen MR) is 149 cm³/mol. The maximum absolute atomic E-state index is 13.2. The number of hydrogen-bond acceptors (Lipinski definition) is 8. The van der Waals surface area contributed by atoms with Gasteiger partial charge in [-0.2, -0.15) is 0 Å². The highest BCUT2D eigenvalue weighted by Crippen LogP contribution is 2.12. The first-order valence-corrected chi connectivity index (χ1v) is 13.1. The van der Waals surface area contributed by atoms with Crippen molar-refractivity contribution in [2.75, 3.05) is 0 Å². The van der Waals surface area contributed by atoms with Crippen molar-refractivity contribution in [3.63, 3.8) is 0 Å². The van der Waals surface area contributed by atoms with Crippen LogP contribution in [-0.4, -0.2) is 75.1 Å². The third-order valence-corrected chi connectivity index (χ3v) is 6.22. The Labute approximate surface area is 241 Å². The molecule has 0 aliphatic heterocycles. The Morgan fingerprint density at radius 3 is 1.69 bits per heavy atom. The van der Waals surface area contributed by atoms with Gasteiger partial charge in [-0.25, -0.2) is 4.79 Å². The lowest BCUT2D eigenvalue weighted by molar-refractivity contribution is -0.143. The highest BCUT2D eigenvalue weighted by atomic mass is 16.4. The zero-order valence-electron chi connectivity index (χ0n) is 22.7. The van der Waals surface area contributed by atoms with Crippen LogP contribution in [0.4, 0.5) is 0 Å². The van der Waals surface area contributed by atoms with Crippen molar-refractivity contribution in [3.05, 3.63) is 65.7 Å². The number of hydrogen-bond donors (Lipinski definition) is 8. The van der Waals surface area contributed by atoms with Crippen molar-refractivity contribution in [1.29, 1.82) is 0 Å². The van der Waals surface area contributed by atoms with Crippen LogP contribution >= 0.6 is 0 Å². The largest absolute Gasteiger partial charge is 0.508 e. The fourth-order valence-corrected chi connectivity index (χ4v) is 3.94. The molecule has 4 unspecified atom stereocenters. The van der Waals surface area contributed by atoms with E-state index in [-0.39, 0.29) is 37.9 Å². The number of carboxylic acid groups (broad SMARTS) is 2. The molecule has 0 fully saturated rings. The van der Waals surface area contributed by atoms with Crippen LogP contribution in [0.5, 0.6) is 5.75 Å². The average Bonchev–Trinajstić information content (AvgIpc) is 2.94. The van der Waals surface area contributed by atoms with Crippen LogP contribution in [-0.2, 0) is 41.6 Å². The lowest BCUT2D eigenvalue weighted by atomic mass is 10.0. The first kappa shape index (κ1) is 33.2. The van der Waals surface area contributed by atoms with Gasteiger partial charge in [-0.15, -0.1) is 0 Å².